The molecule has 0 nitrogen and oxygen atoms in total. The molecule has 0 amide bonds. The molecule has 0 aliphatic heterocycles. The summed E-state index contributed by atoms with van der Waals surface area (Å²) in [5.74, 6) is 0. The molecule has 0 spiro atoms. The molecule has 0 N–H and O–H groups in total. The Labute approximate surface area is 77.7 Å². The van der Waals surface area contributed by atoms with Gasteiger partial charge in [-0.2, -0.15) is 0 Å². The van der Waals surface area contributed by atoms with E-state index in [0.29, 0.717) is 10.8 Å². The van der Waals surface area contributed by atoms with Gasteiger partial charge in [0, 0.05) is 0 Å². The molecule has 0 heteroatoms. The summed E-state index contributed by atoms with van der Waals surface area (Å²) in [6.45, 7) is 9.72. The molecule has 0 saturated heterocycles. The van der Waals surface area contributed by atoms with Crippen molar-refractivity contribution in [2.24, 2.45) is 10.8 Å². The molecular weight excluding hydrogens is 144 g/mol. The van der Waals surface area contributed by atoms with E-state index in [2.05, 4.69) is 27.7 Å². The van der Waals surface area contributed by atoms with E-state index in [1.807, 2.05) is 0 Å². The molecule has 12 heavy (non-hydrogen) atoms. The minimum atomic E-state index is 0.587. The molecule has 0 atom stereocenters. The van der Waals surface area contributed by atoms with E-state index in [4.69, 9.17) is 0 Å². The molecule has 72 valence electrons. The Morgan fingerprint density at radius 2 is 1.08 bits per heavy atom. The van der Waals surface area contributed by atoms with Gasteiger partial charge in [-0.3, -0.25) is 0 Å². The van der Waals surface area contributed by atoms with Crippen molar-refractivity contribution < 1.29 is 0 Å². The highest BCUT2D eigenvalue weighted by Gasteiger charge is 2.29. The molecule has 0 radical (unpaired) electrons. The third kappa shape index (κ3) is 3.16. The molecule has 0 heterocycles. The highest BCUT2D eigenvalue weighted by atomic mass is 14.3. The second-order valence-electron chi connectivity index (χ2n) is 6.07. The van der Waals surface area contributed by atoms with Crippen LogP contribution in [0.25, 0.3) is 0 Å². The van der Waals surface area contributed by atoms with E-state index >= 15 is 0 Å². The van der Waals surface area contributed by atoms with Gasteiger partial charge < -0.3 is 0 Å². The minimum Gasteiger partial charge on any atom is -0.0599 e. The maximum absolute atomic E-state index is 2.43. The maximum atomic E-state index is 2.43. The predicted octanol–water partition coefficient (Wildman–Crippen LogP) is 4.39. The lowest BCUT2D eigenvalue weighted by Crippen LogP contribution is -2.24. The monoisotopic (exact) mass is 168 g/mol. The largest absolute Gasteiger partial charge is 0.0599 e. The predicted molar refractivity (Wildman–Crippen MR) is 55.3 cm³/mol. The molecule has 0 unspecified atom stereocenters. The molecule has 0 aromatic carbocycles. The maximum Gasteiger partial charge on any atom is -0.0349 e. The Kier molecular flexibility index (Phi) is 2.85. The standard InChI is InChI=1S/C12H24/c1-11(2)8-6-5-7-9-12(3,4)10-11/h5-10H2,1-4H3. The SMILES string of the molecule is CC1(C)CCCCCC(C)(C)C1. The average molecular weight is 168 g/mol. The summed E-state index contributed by atoms with van der Waals surface area (Å²) in [6, 6.07) is 0. The zero-order chi connectivity index (χ0) is 9.24. The quantitative estimate of drug-likeness (QED) is 0.503. The van der Waals surface area contributed by atoms with Crippen molar-refractivity contribution >= 4 is 0 Å². The van der Waals surface area contributed by atoms with Crippen molar-refractivity contribution in [3.63, 3.8) is 0 Å². The van der Waals surface area contributed by atoms with Crippen LogP contribution in [0.15, 0.2) is 0 Å². The van der Waals surface area contributed by atoms with E-state index < -0.39 is 0 Å². The Morgan fingerprint density at radius 3 is 1.50 bits per heavy atom. The third-order valence-electron chi connectivity index (χ3n) is 3.16. The first-order valence-electron chi connectivity index (χ1n) is 5.41. The summed E-state index contributed by atoms with van der Waals surface area (Å²) in [7, 11) is 0. The van der Waals surface area contributed by atoms with E-state index in [1.54, 1.807) is 0 Å². The summed E-state index contributed by atoms with van der Waals surface area (Å²) < 4.78 is 0. The van der Waals surface area contributed by atoms with Crippen molar-refractivity contribution in [1.82, 2.24) is 0 Å². The van der Waals surface area contributed by atoms with Crippen molar-refractivity contribution in [2.75, 3.05) is 0 Å². The molecule has 0 aromatic rings. The number of hydrogen-bond donors (Lipinski definition) is 0. The van der Waals surface area contributed by atoms with Crippen LogP contribution in [-0.4, -0.2) is 0 Å². The zero-order valence-corrected chi connectivity index (χ0v) is 9.24. The van der Waals surface area contributed by atoms with Gasteiger partial charge in [-0.25, -0.2) is 0 Å². The van der Waals surface area contributed by atoms with Crippen LogP contribution in [0.4, 0.5) is 0 Å². The van der Waals surface area contributed by atoms with Gasteiger partial charge in [0.1, 0.15) is 0 Å². The van der Waals surface area contributed by atoms with Gasteiger partial charge in [-0.1, -0.05) is 47.0 Å². The van der Waals surface area contributed by atoms with Crippen molar-refractivity contribution in [2.45, 2.75) is 66.2 Å². The smallest absolute Gasteiger partial charge is 0.0349 e. The van der Waals surface area contributed by atoms with Crippen molar-refractivity contribution in [3.8, 4) is 0 Å². The molecule has 1 aliphatic rings. The normalized spacial score (nSPS) is 29.0. The van der Waals surface area contributed by atoms with Gasteiger partial charge in [0.15, 0.2) is 0 Å². The van der Waals surface area contributed by atoms with Crippen molar-refractivity contribution in [3.05, 3.63) is 0 Å². The summed E-state index contributed by atoms with van der Waals surface area (Å²) in [6.07, 6.45) is 8.60. The molecule has 1 fully saturated rings. The zero-order valence-electron chi connectivity index (χ0n) is 9.24. The lowest BCUT2D eigenvalue weighted by atomic mass is 9.69. The average Bonchev–Trinajstić information content (AvgIpc) is 1.80. The molecule has 0 aromatic heterocycles. The Hall–Kier alpha value is 0. The van der Waals surface area contributed by atoms with Gasteiger partial charge in [-0.05, 0) is 30.1 Å². The molecular formula is C12H24. The van der Waals surface area contributed by atoms with Crippen LogP contribution in [0.5, 0.6) is 0 Å². The first kappa shape index (κ1) is 10.1. The van der Waals surface area contributed by atoms with E-state index in [1.165, 1.54) is 38.5 Å². The lowest BCUT2D eigenvalue weighted by molar-refractivity contribution is 0.148. The summed E-state index contributed by atoms with van der Waals surface area (Å²) in [4.78, 5) is 0. The van der Waals surface area contributed by atoms with Gasteiger partial charge in [0.25, 0.3) is 0 Å². The Bertz CT molecular complexity index is 126. The van der Waals surface area contributed by atoms with Crippen LogP contribution in [-0.2, 0) is 0 Å². The second-order valence-corrected chi connectivity index (χ2v) is 6.07. The summed E-state index contributed by atoms with van der Waals surface area (Å²) in [5.41, 5.74) is 1.17. The van der Waals surface area contributed by atoms with Gasteiger partial charge in [0.2, 0.25) is 0 Å². The summed E-state index contributed by atoms with van der Waals surface area (Å²) in [5, 5.41) is 0. The fourth-order valence-electron chi connectivity index (χ4n) is 2.86. The molecule has 0 bridgehead atoms. The first-order valence-corrected chi connectivity index (χ1v) is 5.41. The van der Waals surface area contributed by atoms with E-state index in [9.17, 15) is 0 Å². The van der Waals surface area contributed by atoms with Crippen molar-refractivity contribution in [1.29, 1.82) is 0 Å². The van der Waals surface area contributed by atoms with E-state index in [-0.39, 0.29) is 0 Å². The van der Waals surface area contributed by atoms with Crippen LogP contribution in [0.1, 0.15) is 66.2 Å². The van der Waals surface area contributed by atoms with Crippen LogP contribution >= 0.6 is 0 Å². The van der Waals surface area contributed by atoms with E-state index in [0.717, 1.165) is 0 Å². The van der Waals surface area contributed by atoms with Gasteiger partial charge in [-0.15, -0.1) is 0 Å². The lowest BCUT2D eigenvalue weighted by Gasteiger charge is -2.37. The Balaban J connectivity index is 2.58. The van der Waals surface area contributed by atoms with Crippen LogP contribution < -0.4 is 0 Å². The molecule has 1 aliphatic carbocycles. The summed E-state index contributed by atoms with van der Waals surface area (Å²) >= 11 is 0. The highest BCUT2D eigenvalue weighted by molar-refractivity contribution is 4.81. The third-order valence-corrected chi connectivity index (χ3v) is 3.16. The molecule has 1 rings (SSSR count). The second kappa shape index (κ2) is 3.40. The number of rotatable bonds is 0. The highest BCUT2D eigenvalue weighted by Crippen LogP contribution is 2.42. The molecule has 1 saturated carbocycles. The fourth-order valence-corrected chi connectivity index (χ4v) is 2.86. The minimum absolute atomic E-state index is 0.587. The first-order chi connectivity index (χ1) is 5.41. The van der Waals surface area contributed by atoms with Gasteiger partial charge >= 0.3 is 0 Å². The fraction of sp³-hybridized carbons (Fsp3) is 1.00. The van der Waals surface area contributed by atoms with Crippen LogP contribution in [0, 0.1) is 10.8 Å². The number of hydrogen-bond acceptors (Lipinski definition) is 0. The Morgan fingerprint density at radius 1 is 0.667 bits per heavy atom. The topological polar surface area (TPSA) is 0 Å². The van der Waals surface area contributed by atoms with Gasteiger partial charge in [0.05, 0.1) is 0 Å². The van der Waals surface area contributed by atoms with Crippen LogP contribution in [0.2, 0.25) is 0 Å². The van der Waals surface area contributed by atoms with Crippen LogP contribution in [0.3, 0.4) is 0 Å².